The van der Waals surface area contributed by atoms with E-state index in [1.807, 2.05) is 6.07 Å². The topological polar surface area (TPSA) is 120 Å². The van der Waals surface area contributed by atoms with Crippen LogP contribution >= 0.6 is 0 Å². The summed E-state index contributed by atoms with van der Waals surface area (Å²) < 4.78 is 1.54. The lowest BCUT2D eigenvalue weighted by Gasteiger charge is -2.42. The van der Waals surface area contributed by atoms with Crippen molar-refractivity contribution in [3.8, 4) is 6.07 Å². The van der Waals surface area contributed by atoms with E-state index in [-0.39, 0.29) is 24.3 Å². The predicted molar refractivity (Wildman–Crippen MR) is 115 cm³/mol. The van der Waals surface area contributed by atoms with Gasteiger partial charge in [0.15, 0.2) is 0 Å². The first-order valence-electron chi connectivity index (χ1n) is 11.0. The summed E-state index contributed by atoms with van der Waals surface area (Å²) in [7, 11) is 0. The zero-order valence-corrected chi connectivity index (χ0v) is 18.8. The largest absolute Gasteiger partial charge is 0.325 e. The van der Waals surface area contributed by atoms with Crippen molar-refractivity contribution in [3.63, 3.8) is 0 Å². The van der Waals surface area contributed by atoms with Crippen LogP contribution in [-0.4, -0.2) is 44.6 Å². The van der Waals surface area contributed by atoms with E-state index in [0.29, 0.717) is 36.8 Å². The molecular weight excluding hydrogens is 396 g/mol. The lowest BCUT2D eigenvalue weighted by Crippen LogP contribution is -2.51. The molecule has 2 N–H and O–H groups in total. The van der Waals surface area contributed by atoms with Gasteiger partial charge in [0.05, 0.1) is 24.7 Å². The Bertz CT molecular complexity index is 905. The number of hydrogen-bond acceptors (Lipinski definition) is 5. The van der Waals surface area contributed by atoms with E-state index in [9.17, 15) is 14.4 Å². The monoisotopic (exact) mass is 428 g/mol. The van der Waals surface area contributed by atoms with Crippen LogP contribution in [0, 0.1) is 29.6 Å². The van der Waals surface area contributed by atoms with Gasteiger partial charge in [0.25, 0.3) is 5.91 Å². The van der Waals surface area contributed by atoms with Gasteiger partial charge >= 0.3 is 6.03 Å². The molecule has 1 saturated heterocycles. The molecule has 1 aromatic heterocycles. The zero-order valence-electron chi connectivity index (χ0n) is 18.8. The van der Waals surface area contributed by atoms with E-state index >= 15 is 0 Å². The quantitative estimate of drug-likeness (QED) is 0.647. The standard InChI is InChI=1S/C22H32N6O3/c1-5-21(3,4)16-7-9-22(10-8-16)19(30)27(20(31)25-22)14-18(29)24-17-13-15(2)26-28(17)12-6-11-23/h13,16H,5-10,12,14H2,1-4H3,(H,24,29)(H,25,31). The molecule has 1 aliphatic carbocycles. The normalized spacial score (nSPS) is 23.7. The second-order valence-electron chi connectivity index (χ2n) is 9.37. The number of rotatable bonds is 7. The van der Waals surface area contributed by atoms with E-state index < -0.39 is 17.5 Å². The summed E-state index contributed by atoms with van der Waals surface area (Å²) in [6, 6.07) is 3.23. The maximum absolute atomic E-state index is 13.1. The Morgan fingerprint density at radius 3 is 2.68 bits per heavy atom. The van der Waals surface area contributed by atoms with Crippen molar-refractivity contribution >= 4 is 23.7 Å². The van der Waals surface area contributed by atoms with Gasteiger partial charge < -0.3 is 10.6 Å². The van der Waals surface area contributed by atoms with Gasteiger partial charge in [-0.25, -0.2) is 9.48 Å². The number of amides is 4. The van der Waals surface area contributed by atoms with Gasteiger partial charge in [-0.3, -0.25) is 14.5 Å². The van der Waals surface area contributed by atoms with Crippen LogP contribution < -0.4 is 10.6 Å². The number of nitrogens with one attached hydrogen (secondary N) is 2. The molecule has 168 valence electrons. The molecule has 31 heavy (non-hydrogen) atoms. The van der Waals surface area contributed by atoms with Crippen molar-refractivity contribution in [2.24, 2.45) is 11.3 Å². The minimum absolute atomic E-state index is 0.208. The number of nitriles is 1. The maximum atomic E-state index is 13.1. The smallest absolute Gasteiger partial charge is 0.323 e. The molecule has 1 aromatic rings. The number of nitrogens with zero attached hydrogens (tertiary/aromatic N) is 4. The van der Waals surface area contributed by atoms with Crippen LogP contribution in [0.4, 0.5) is 10.6 Å². The summed E-state index contributed by atoms with van der Waals surface area (Å²) in [5.41, 5.74) is 0.0245. The number of carbonyl (C=O) groups excluding carboxylic acids is 3. The SMILES string of the molecule is CCC(C)(C)C1CCC2(CC1)NC(=O)N(CC(=O)Nc1cc(C)nn1CCC#N)C2=O. The average Bonchev–Trinajstić information content (AvgIpc) is 3.18. The minimum atomic E-state index is -0.886. The summed E-state index contributed by atoms with van der Waals surface area (Å²) in [5, 5.41) is 18.6. The molecule has 0 bridgehead atoms. The third-order valence-corrected chi connectivity index (χ3v) is 7.01. The molecule has 0 atom stereocenters. The number of hydrogen-bond donors (Lipinski definition) is 2. The number of urea groups is 1. The Morgan fingerprint density at radius 1 is 1.39 bits per heavy atom. The maximum Gasteiger partial charge on any atom is 0.325 e. The first-order valence-corrected chi connectivity index (χ1v) is 11.0. The van der Waals surface area contributed by atoms with E-state index in [1.165, 1.54) is 0 Å². The Labute approximate surface area is 183 Å². The molecular formula is C22H32N6O3. The molecule has 3 rings (SSSR count). The summed E-state index contributed by atoms with van der Waals surface area (Å²) in [6.07, 6.45) is 4.29. The first-order chi connectivity index (χ1) is 14.6. The molecule has 4 amide bonds. The molecule has 2 aliphatic rings. The third-order valence-electron chi connectivity index (χ3n) is 7.01. The Morgan fingerprint density at radius 2 is 2.06 bits per heavy atom. The van der Waals surface area contributed by atoms with Crippen LogP contribution in [0.5, 0.6) is 0 Å². The number of anilines is 1. The summed E-state index contributed by atoms with van der Waals surface area (Å²) in [6.45, 7) is 8.48. The molecule has 9 heteroatoms. The van der Waals surface area contributed by atoms with Crippen molar-refractivity contribution in [1.82, 2.24) is 20.0 Å². The first kappa shape index (κ1) is 22.8. The lowest BCUT2D eigenvalue weighted by atomic mass is 9.65. The van der Waals surface area contributed by atoms with Gasteiger partial charge in [-0.1, -0.05) is 27.2 Å². The van der Waals surface area contributed by atoms with Crippen molar-refractivity contribution in [1.29, 1.82) is 5.26 Å². The van der Waals surface area contributed by atoms with Gasteiger partial charge in [-0.05, 0) is 43.9 Å². The van der Waals surface area contributed by atoms with Crippen molar-refractivity contribution < 1.29 is 14.4 Å². The van der Waals surface area contributed by atoms with Gasteiger partial charge in [0, 0.05) is 6.07 Å². The van der Waals surface area contributed by atoms with E-state index in [2.05, 4.69) is 36.5 Å². The number of carbonyl (C=O) groups is 3. The highest BCUT2D eigenvalue weighted by Gasteiger charge is 2.53. The van der Waals surface area contributed by atoms with Gasteiger partial charge in [0.1, 0.15) is 17.9 Å². The van der Waals surface area contributed by atoms with Crippen LogP contribution in [0.25, 0.3) is 0 Å². The van der Waals surface area contributed by atoms with Crippen molar-refractivity contribution in [3.05, 3.63) is 11.8 Å². The second-order valence-corrected chi connectivity index (χ2v) is 9.37. The lowest BCUT2D eigenvalue weighted by molar-refractivity contribution is -0.135. The Hall–Kier alpha value is -2.89. The highest BCUT2D eigenvalue weighted by Crippen LogP contribution is 2.45. The molecule has 1 saturated carbocycles. The summed E-state index contributed by atoms with van der Waals surface area (Å²) in [5.74, 6) is 0.179. The van der Waals surface area contributed by atoms with E-state index in [4.69, 9.17) is 5.26 Å². The van der Waals surface area contributed by atoms with E-state index in [0.717, 1.165) is 24.2 Å². The summed E-state index contributed by atoms with van der Waals surface area (Å²) in [4.78, 5) is 39.3. The molecule has 0 unspecified atom stereocenters. The van der Waals surface area contributed by atoms with Crippen LogP contribution in [0.15, 0.2) is 6.07 Å². The highest BCUT2D eigenvalue weighted by molar-refractivity contribution is 6.10. The van der Waals surface area contributed by atoms with Gasteiger partial charge in [-0.2, -0.15) is 10.4 Å². The fourth-order valence-electron chi connectivity index (χ4n) is 4.64. The minimum Gasteiger partial charge on any atom is -0.323 e. The van der Waals surface area contributed by atoms with Crippen LogP contribution in [0.3, 0.4) is 0 Å². The van der Waals surface area contributed by atoms with Crippen LogP contribution in [0.2, 0.25) is 0 Å². The number of aryl methyl sites for hydroxylation is 2. The van der Waals surface area contributed by atoms with E-state index in [1.54, 1.807) is 17.7 Å². The molecule has 1 spiro atoms. The van der Waals surface area contributed by atoms with Gasteiger partial charge in [-0.15, -0.1) is 0 Å². The van der Waals surface area contributed by atoms with Crippen molar-refractivity contribution in [2.45, 2.75) is 78.3 Å². The Balaban J connectivity index is 1.63. The molecule has 0 aromatic carbocycles. The zero-order chi connectivity index (χ0) is 22.8. The Kier molecular flexibility index (Phi) is 6.39. The molecule has 2 fully saturated rings. The second kappa shape index (κ2) is 8.69. The van der Waals surface area contributed by atoms with Crippen molar-refractivity contribution in [2.75, 3.05) is 11.9 Å². The number of imide groups is 1. The molecule has 9 nitrogen and oxygen atoms in total. The van der Waals surface area contributed by atoms with Crippen LogP contribution in [0.1, 0.15) is 65.0 Å². The third kappa shape index (κ3) is 4.58. The van der Waals surface area contributed by atoms with Gasteiger partial charge in [0.2, 0.25) is 5.91 Å². The molecule has 0 radical (unpaired) electrons. The average molecular weight is 429 g/mol. The molecule has 1 aliphatic heterocycles. The fraction of sp³-hybridized carbons (Fsp3) is 0.682. The highest BCUT2D eigenvalue weighted by atomic mass is 16.2. The fourth-order valence-corrected chi connectivity index (χ4v) is 4.64. The molecule has 2 heterocycles. The predicted octanol–water partition coefficient (Wildman–Crippen LogP) is 2.96. The summed E-state index contributed by atoms with van der Waals surface area (Å²) >= 11 is 0. The number of aromatic nitrogens is 2. The van der Waals surface area contributed by atoms with Crippen LogP contribution in [-0.2, 0) is 16.1 Å².